The van der Waals surface area contributed by atoms with E-state index in [-0.39, 0.29) is 6.61 Å². The minimum absolute atomic E-state index is 0.110. The van der Waals surface area contributed by atoms with Crippen LogP contribution in [0.4, 0.5) is 11.5 Å². The average Bonchev–Trinajstić information content (AvgIpc) is 2.71. The molecule has 0 aliphatic rings. The number of benzene rings is 2. The van der Waals surface area contributed by atoms with Gasteiger partial charge in [-0.05, 0) is 12.1 Å². The van der Waals surface area contributed by atoms with Crippen molar-refractivity contribution in [2.45, 2.75) is 6.10 Å². The second kappa shape index (κ2) is 8.52. The van der Waals surface area contributed by atoms with Crippen LogP contribution in [0.25, 0.3) is 11.0 Å². The van der Waals surface area contributed by atoms with Crippen molar-refractivity contribution in [3.63, 3.8) is 0 Å². The number of ether oxygens (including phenoxy) is 3. The van der Waals surface area contributed by atoms with E-state index in [9.17, 15) is 5.11 Å². The number of aromatic nitrogens is 2. The summed E-state index contributed by atoms with van der Waals surface area (Å²) in [5.41, 5.74) is 1.94. The van der Waals surface area contributed by atoms with Crippen LogP contribution in [0.5, 0.6) is 17.2 Å². The van der Waals surface area contributed by atoms with Crippen LogP contribution >= 0.6 is 0 Å². The quantitative estimate of drug-likeness (QED) is 0.552. The number of methoxy groups -OCH3 is 2. The molecule has 0 aliphatic carbocycles. The maximum atomic E-state index is 9.59. The third-order valence-corrected chi connectivity index (χ3v) is 3.76. The van der Waals surface area contributed by atoms with Crippen molar-refractivity contribution in [2.75, 3.05) is 32.8 Å². The summed E-state index contributed by atoms with van der Waals surface area (Å²) >= 11 is 0. The van der Waals surface area contributed by atoms with E-state index in [4.69, 9.17) is 19.3 Å². The predicted octanol–water partition coefficient (Wildman–Crippen LogP) is 1.92. The van der Waals surface area contributed by atoms with Crippen LogP contribution in [-0.4, -0.2) is 53.7 Å². The fraction of sp³-hybridized carbons (Fsp3) is 0.263. The second-order valence-corrected chi connectivity index (χ2v) is 5.65. The fourth-order valence-electron chi connectivity index (χ4n) is 2.42. The van der Waals surface area contributed by atoms with E-state index in [2.05, 4.69) is 21.5 Å². The second-order valence-electron chi connectivity index (χ2n) is 5.65. The van der Waals surface area contributed by atoms with Gasteiger partial charge in [-0.1, -0.05) is 12.1 Å². The molecule has 0 saturated heterocycles. The van der Waals surface area contributed by atoms with Crippen molar-refractivity contribution in [1.82, 2.24) is 9.97 Å². The monoisotopic (exact) mass is 370 g/mol. The minimum atomic E-state index is -1.02. The maximum absolute atomic E-state index is 9.59. The summed E-state index contributed by atoms with van der Waals surface area (Å²) in [5, 5.41) is 21.7. The standard InChI is InChI=1S/C19H20N3O5/c1-25-13-7-16(19(17(8-13)26-2)27-11-12(24)10-23)22-18-9-20-14-5-3-4-6-15(14)21-18/h3-8,12,23-24H,10-11H2,1-2H3,(H,21,22). The zero-order valence-electron chi connectivity index (χ0n) is 15.0. The lowest BCUT2D eigenvalue weighted by molar-refractivity contribution is 0.0529. The zero-order valence-corrected chi connectivity index (χ0v) is 15.0. The number of nitrogens with zero attached hydrogens (tertiary/aromatic N) is 2. The van der Waals surface area contributed by atoms with E-state index in [1.807, 2.05) is 24.3 Å². The first kappa shape index (κ1) is 18.7. The lowest BCUT2D eigenvalue weighted by Crippen LogP contribution is -2.21. The molecule has 27 heavy (non-hydrogen) atoms. The Morgan fingerprint density at radius 3 is 2.63 bits per heavy atom. The highest BCUT2D eigenvalue weighted by Gasteiger charge is 2.17. The Bertz CT molecular complexity index is 919. The molecule has 2 aromatic carbocycles. The van der Waals surface area contributed by atoms with Crippen molar-refractivity contribution >= 4 is 22.5 Å². The zero-order chi connectivity index (χ0) is 19.2. The highest BCUT2D eigenvalue weighted by molar-refractivity contribution is 5.77. The Balaban J connectivity index is 1.97. The fourth-order valence-corrected chi connectivity index (χ4v) is 2.42. The molecular weight excluding hydrogens is 350 g/mol. The van der Waals surface area contributed by atoms with Crippen molar-refractivity contribution in [3.05, 3.63) is 42.6 Å². The molecule has 3 rings (SSSR count). The first-order valence-electron chi connectivity index (χ1n) is 8.23. The van der Waals surface area contributed by atoms with Crippen molar-refractivity contribution in [1.29, 1.82) is 0 Å². The first-order valence-corrected chi connectivity index (χ1v) is 8.23. The van der Waals surface area contributed by atoms with Crippen molar-refractivity contribution in [2.24, 2.45) is 0 Å². The summed E-state index contributed by atoms with van der Waals surface area (Å²) in [5.74, 6) is 1.67. The third-order valence-electron chi connectivity index (χ3n) is 3.76. The summed E-state index contributed by atoms with van der Waals surface area (Å²) in [6, 6.07) is 10.8. The van der Waals surface area contributed by atoms with Gasteiger partial charge in [-0.25, -0.2) is 9.97 Å². The summed E-state index contributed by atoms with van der Waals surface area (Å²) < 4.78 is 16.3. The topological polar surface area (TPSA) is 106 Å². The van der Waals surface area contributed by atoms with Crippen LogP contribution in [0.2, 0.25) is 0 Å². The van der Waals surface area contributed by atoms with Crippen molar-refractivity contribution in [3.8, 4) is 17.2 Å². The molecule has 1 heterocycles. The van der Waals surface area contributed by atoms with Crippen molar-refractivity contribution < 1.29 is 24.4 Å². The molecule has 3 N–H and O–H groups in total. The van der Waals surface area contributed by atoms with Crippen LogP contribution in [0.3, 0.4) is 0 Å². The van der Waals surface area contributed by atoms with Gasteiger partial charge in [-0.2, -0.15) is 0 Å². The molecule has 3 aromatic rings. The lowest BCUT2D eigenvalue weighted by atomic mass is 10.2. The van der Waals surface area contributed by atoms with E-state index in [1.165, 1.54) is 14.2 Å². The highest BCUT2D eigenvalue weighted by Crippen LogP contribution is 2.40. The molecule has 141 valence electrons. The molecule has 8 nitrogen and oxygen atoms in total. The number of fused-ring (bicyclic) bond motifs is 1. The molecule has 0 amide bonds. The molecule has 1 aromatic heterocycles. The highest BCUT2D eigenvalue weighted by atomic mass is 16.5. The van der Waals surface area contributed by atoms with E-state index < -0.39 is 12.7 Å². The van der Waals surface area contributed by atoms with Gasteiger partial charge in [0, 0.05) is 12.1 Å². The number of hydrogen-bond acceptors (Lipinski definition) is 8. The van der Waals surface area contributed by atoms with Gasteiger partial charge in [0.05, 0.1) is 37.5 Å². The average molecular weight is 370 g/mol. The summed E-state index contributed by atoms with van der Waals surface area (Å²) in [6.45, 7) is -0.522. The molecule has 1 atom stereocenters. The molecule has 1 radical (unpaired) electrons. The van der Waals surface area contributed by atoms with E-state index in [0.717, 1.165) is 5.52 Å². The number of aliphatic hydroxyl groups is 2. The van der Waals surface area contributed by atoms with Gasteiger partial charge in [-0.3, -0.25) is 0 Å². The molecule has 0 bridgehead atoms. The lowest BCUT2D eigenvalue weighted by Gasteiger charge is -2.18. The molecule has 8 heteroatoms. The normalized spacial score (nSPS) is 11.9. The Morgan fingerprint density at radius 2 is 1.93 bits per heavy atom. The number of nitrogens with one attached hydrogen (secondary N) is 1. The van der Waals surface area contributed by atoms with Gasteiger partial charge < -0.3 is 29.7 Å². The molecule has 0 spiro atoms. The van der Waals surface area contributed by atoms with Crippen LogP contribution in [-0.2, 0) is 0 Å². The van der Waals surface area contributed by atoms with E-state index in [0.29, 0.717) is 34.3 Å². The van der Waals surface area contributed by atoms with Gasteiger partial charge >= 0.3 is 0 Å². The van der Waals surface area contributed by atoms with Crippen LogP contribution < -0.4 is 19.5 Å². The van der Waals surface area contributed by atoms with E-state index in [1.54, 1.807) is 12.1 Å². The Morgan fingerprint density at radius 1 is 1.15 bits per heavy atom. The van der Waals surface area contributed by atoms with Crippen LogP contribution in [0, 0.1) is 6.20 Å². The van der Waals surface area contributed by atoms with Gasteiger partial charge in [0.2, 0.25) is 0 Å². The van der Waals surface area contributed by atoms with Gasteiger partial charge in [0.15, 0.2) is 17.3 Å². The summed E-state index contributed by atoms with van der Waals surface area (Å²) in [7, 11) is 3.03. The van der Waals surface area contributed by atoms with Crippen LogP contribution in [0.1, 0.15) is 0 Å². The van der Waals surface area contributed by atoms with Gasteiger partial charge in [-0.15, -0.1) is 0 Å². The van der Waals surface area contributed by atoms with E-state index >= 15 is 0 Å². The molecule has 0 aliphatic heterocycles. The van der Waals surface area contributed by atoms with Gasteiger partial charge in [0.1, 0.15) is 24.7 Å². The summed E-state index contributed by atoms with van der Waals surface area (Å²) in [4.78, 5) is 8.73. The first-order chi connectivity index (χ1) is 13.1. The number of anilines is 2. The maximum Gasteiger partial charge on any atom is 0.185 e. The van der Waals surface area contributed by atoms with Crippen LogP contribution in [0.15, 0.2) is 36.4 Å². The molecule has 0 saturated carbocycles. The number of hydrogen-bond donors (Lipinski definition) is 3. The predicted molar refractivity (Wildman–Crippen MR) is 99.8 cm³/mol. The Labute approximate surface area is 156 Å². The van der Waals surface area contributed by atoms with Gasteiger partial charge in [0.25, 0.3) is 0 Å². The minimum Gasteiger partial charge on any atom is -0.497 e. The Hall–Kier alpha value is -3.10. The SMILES string of the molecule is COc1cc(Nc2[c]nc3ccccc3n2)c(OCC(O)CO)c(OC)c1. The third kappa shape index (κ3) is 4.36. The molecular formula is C19H20N3O5. The molecule has 1 unspecified atom stereocenters. The smallest absolute Gasteiger partial charge is 0.185 e. The largest absolute Gasteiger partial charge is 0.497 e. The summed E-state index contributed by atoms with van der Waals surface area (Å²) in [6.07, 6.45) is 1.82. The number of rotatable bonds is 8. The molecule has 0 fully saturated rings. The number of aliphatic hydroxyl groups excluding tert-OH is 2. The number of para-hydroxylation sites is 2. The Kier molecular flexibility index (Phi) is 5.90.